The molecular formula is C16H23NO4. The number of hydrogen-bond donors (Lipinski definition) is 2. The second-order valence-corrected chi connectivity index (χ2v) is 4.78. The molecule has 2 N–H and O–H groups in total. The fraction of sp³-hybridized carbons (Fsp3) is 0.500. The fourth-order valence-corrected chi connectivity index (χ4v) is 1.97. The number of ketones is 1. The summed E-state index contributed by atoms with van der Waals surface area (Å²) in [5, 5.41) is 11.8. The number of Topliss-reactive ketones (excluding diaryl/α,β-unsaturated/α-hetero) is 1. The largest absolute Gasteiger partial charge is 0.469 e. The van der Waals surface area contributed by atoms with Crippen LogP contribution < -0.4 is 5.32 Å². The van der Waals surface area contributed by atoms with E-state index < -0.39 is 12.0 Å². The van der Waals surface area contributed by atoms with Gasteiger partial charge in [0.2, 0.25) is 0 Å². The van der Waals surface area contributed by atoms with E-state index in [2.05, 4.69) is 10.1 Å². The van der Waals surface area contributed by atoms with E-state index in [4.69, 9.17) is 5.11 Å². The van der Waals surface area contributed by atoms with Crippen molar-refractivity contribution in [2.24, 2.45) is 0 Å². The van der Waals surface area contributed by atoms with Gasteiger partial charge in [-0.15, -0.1) is 0 Å². The summed E-state index contributed by atoms with van der Waals surface area (Å²) >= 11 is 0. The van der Waals surface area contributed by atoms with Crippen LogP contribution in [-0.2, 0) is 16.0 Å². The van der Waals surface area contributed by atoms with E-state index in [0.29, 0.717) is 18.5 Å². The van der Waals surface area contributed by atoms with Crippen molar-refractivity contribution in [3.63, 3.8) is 0 Å². The monoisotopic (exact) mass is 293 g/mol. The first-order valence-corrected chi connectivity index (χ1v) is 7.16. The third kappa shape index (κ3) is 5.65. The highest BCUT2D eigenvalue weighted by atomic mass is 16.5. The number of rotatable bonds is 9. The first-order valence-electron chi connectivity index (χ1n) is 7.16. The first-order chi connectivity index (χ1) is 10.1. The van der Waals surface area contributed by atoms with Crippen LogP contribution in [0, 0.1) is 0 Å². The van der Waals surface area contributed by atoms with Crippen LogP contribution in [0.25, 0.3) is 0 Å². The average Bonchev–Trinajstić information content (AvgIpc) is 2.53. The Bertz CT molecular complexity index is 456. The van der Waals surface area contributed by atoms with Gasteiger partial charge in [0.1, 0.15) is 0 Å². The van der Waals surface area contributed by atoms with Gasteiger partial charge >= 0.3 is 5.97 Å². The van der Waals surface area contributed by atoms with Crippen molar-refractivity contribution in [3.05, 3.63) is 35.4 Å². The van der Waals surface area contributed by atoms with Gasteiger partial charge in [0.15, 0.2) is 5.78 Å². The third-order valence-corrected chi connectivity index (χ3v) is 3.29. The van der Waals surface area contributed by atoms with Crippen LogP contribution in [0.1, 0.15) is 35.7 Å². The van der Waals surface area contributed by atoms with E-state index in [-0.39, 0.29) is 18.8 Å². The number of benzene rings is 1. The number of carbonyl (C=O) groups is 2. The highest BCUT2D eigenvalue weighted by Crippen LogP contribution is 2.10. The minimum Gasteiger partial charge on any atom is -0.469 e. The predicted octanol–water partition coefficient (Wildman–Crippen LogP) is 1.34. The van der Waals surface area contributed by atoms with Gasteiger partial charge in [-0.25, -0.2) is 0 Å². The molecule has 0 spiro atoms. The van der Waals surface area contributed by atoms with Gasteiger partial charge in [0, 0.05) is 12.2 Å². The van der Waals surface area contributed by atoms with E-state index in [1.165, 1.54) is 7.11 Å². The van der Waals surface area contributed by atoms with Crippen molar-refractivity contribution in [2.75, 3.05) is 20.3 Å². The SMILES string of the molecule is CCc1ccc(C(=O)C(CC(=O)OC)NCCCO)cc1. The summed E-state index contributed by atoms with van der Waals surface area (Å²) < 4.78 is 4.63. The molecule has 0 saturated carbocycles. The van der Waals surface area contributed by atoms with Crippen LogP contribution in [0.2, 0.25) is 0 Å². The summed E-state index contributed by atoms with van der Waals surface area (Å²) in [5.41, 5.74) is 1.72. The molecule has 0 bridgehead atoms. The molecule has 0 aliphatic carbocycles. The normalized spacial score (nSPS) is 12.0. The summed E-state index contributed by atoms with van der Waals surface area (Å²) in [7, 11) is 1.30. The zero-order chi connectivity index (χ0) is 15.7. The van der Waals surface area contributed by atoms with Crippen LogP contribution in [-0.4, -0.2) is 43.2 Å². The molecular weight excluding hydrogens is 270 g/mol. The summed E-state index contributed by atoms with van der Waals surface area (Å²) in [5.74, 6) is -0.573. The zero-order valence-corrected chi connectivity index (χ0v) is 12.6. The number of aliphatic hydroxyl groups is 1. The van der Waals surface area contributed by atoms with Gasteiger partial charge in [-0.1, -0.05) is 31.2 Å². The number of carbonyl (C=O) groups excluding carboxylic acids is 2. The maximum Gasteiger partial charge on any atom is 0.307 e. The number of ether oxygens (including phenoxy) is 1. The lowest BCUT2D eigenvalue weighted by molar-refractivity contribution is -0.140. The standard InChI is InChI=1S/C16H23NO4/c1-3-12-5-7-13(8-6-12)16(20)14(11-15(19)21-2)17-9-4-10-18/h5-8,14,17-18H,3-4,9-11H2,1-2H3. The first kappa shape index (κ1) is 17.3. The number of aryl methyl sites for hydroxylation is 1. The van der Waals surface area contributed by atoms with Gasteiger partial charge < -0.3 is 15.2 Å². The minimum atomic E-state index is -0.628. The lowest BCUT2D eigenvalue weighted by atomic mass is 9.99. The number of nitrogens with one attached hydrogen (secondary N) is 1. The van der Waals surface area contributed by atoms with Gasteiger partial charge in [-0.3, -0.25) is 9.59 Å². The molecule has 1 rings (SSSR count). The molecule has 0 radical (unpaired) electrons. The van der Waals surface area contributed by atoms with E-state index in [1.807, 2.05) is 19.1 Å². The molecule has 0 heterocycles. The second kappa shape index (κ2) is 9.26. The van der Waals surface area contributed by atoms with Crippen molar-refractivity contribution < 1.29 is 19.4 Å². The number of esters is 1. The Morgan fingerprint density at radius 3 is 2.48 bits per heavy atom. The lowest BCUT2D eigenvalue weighted by Crippen LogP contribution is -2.39. The molecule has 1 aromatic rings. The number of hydrogen-bond acceptors (Lipinski definition) is 5. The smallest absolute Gasteiger partial charge is 0.307 e. The van der Waals surface area contributed by atoms with Crippen molar-refractivity contribution in [1.82, 2.24) is 5.32 Å². The molecule has 0 aliphatic rings. The zero-order valence-electron chi connectivity index (χ0n) is 12.6. The minimum absolute atomic E-state index is 0.0176. The Labute approximate surface area is 125 Å². The topological polar surface area (TPSA) is 75.6 Å². The Hall–Kier alpha value is -1.72. The van der Waals surface area contributed by atoms with Crippen LogP contribution in [0.3, 0.4) is 0 Å². The Morgan fingerprint density at radius 1 is 1.29 bits per heavy atom. The van der Waals surface area contributed by atoms with E-state index in [1.54, 1.807) is 12.1 Å². The molecule has 0 aromatic heterocycles. The molecule has 116 valence electrons. The van der Waals surface area contributed by atoms with Crippen molar-refractivity contribution in [3.8, 4) is 0 Å². The van der Waals surface area contributed by atoms with E-state index in [0.717, 1.165) is 12.0 Å². The van der Waals surface area contributed by atoms with Gasteiger partial charge in [0.05, 0.1) is 19.6 Å². The van der Waals surface area contributed by atoms with Gasteiger partial charge in [-0.2, -0.15) is 0 Å². The van der Waals surface area contributed by atoms with Gasteiger partial charge in [-0.05, 0) is 24.9 Å². The Morgan fingerprint density at radius 2 is 1.95 bits per heavy atom. The highest BCUT2D eigenvalue weighted by molar-refractivity contribution is 6.01. The molecule has 5 nitrogen and oxygen atoms in total. The second-order valence-electron chi connectivity index (χ2n) is 4.78. The predicted molar refractivity (Wildman–Crippen MR) is 80.3 cm³/mol. The molecule has 1 aromatic carbocycles. The Kier molecular flexibility index (Phi) is 7.64. The van der Waals surface area contributed by atoms with E-state index in [9.17, 15) is 9.59 Å². The molecule has 0 saturated heterocycles. The quantitative estimate of drug-likeness (QED) is 0.408. The van der Waals surface area contributed by atoms with Crippen molar-refractivity contribution >= 4 is 11.8 Å². The van der Waals surface area contributed by atoms with Crippen molar-refractivity contribution in [2.45, 2.75) is 32.2 Å². The maximum atomic E-state index is 12.5. The third-order valence-electron chi connectivity index (χ3n) is 3.29. The van der Waals surface area contributed by atoms with E-state index >= 15 is 0 Å². The molecule has 1 unspecified atom stereocenters. The molecule has 0 fully saturated rings. The summed E-state index contributed by atoms with van der Waals surface area (Å²) in [6.45, 7) is 2.56. The average molecular weight is 293 g/mol. The Balaban J connectivity index is 2.78. The number of aliphatic hydroxyl groups excluding tert-OH is 1. The number of methoxy groups -OCH3 is 1. The van der Waals surface area contributed by atoms with Crippen molar-refractivity contribution in [1.29, 1.82) is 0 Å². The van der Waals surface area contributed by atoms with Crippen LogP contribution in [0.5, 0.6) is 0 Å². The summed E-state index contributed by atoms with van der Waals surface area (Å²) in [6.07, 6.45) is 1.42. The molecule has 21 heavy (non-hydrogen) atoms. The van der Waals surface area contributed by atoms with Crippen LogP contribution in [0.15, 0.2) is 24.3 Å². The molecule has 1 atom stereocenters. The molecule has 0 aliphatic heterocycles. The van der Waals surface area contributed by atoms with Gasteiger partial charge in [0.25, 0.3) is 0 Å². The molecule has 0 amide bonds. The fourth-order valence-electron chi connectivity index (χ4n) is 1.97. The molecule has 5 heteroatoms. The van der Waals surface area contributed by atoms with Crippen LogP contribution in [0.4, 0.5) is 0 Å². The highest BCUT2D eigenvalue weighted by Gasteiger charge is 2.22. The maximum absolute atomic E-state index is 12.5. The summed E-state index contributed by atoms with van der Waals surface area (Å²) in [6, 6.07) is 6.75. The van der Waals surface area contributed by atoms with Crippen LogP contribution >= 0.6 is 0 Å². The summed E-state index contributed by atoms with van der Waals surface area (Å²) in [4.78, 5) is 23.9. The lowest BCUT2D eigenvalue weighted by Gasteiger charge is -2.16.